The maximum absolute atomic E-state index is 12.3. The summed E-state index contributed by atoms with van der Waals surface area (Å²) in [6.07, 6.45) is 0. The zero-order valence-corrected chi connectivity index (χ0v) is 13.0. The molecular weight excluding hydrogens is 274 g/mol. The van der Waals surface area contributed by atoms with Crippen LogP contribution in [0.15, 0.2) is 30.3 Å². The minimum atomic E-state index is -0.277. The number of rotatable bonds is 7. The molecule has 1 aromatic carbocycles. The molecule has 0 radical (unpaired) electrons. The third-order valence-corrected chi connectivity index (χ3v) is 3.46. The van der Waals surface area contributed by atoms with Gasteiger partial charge in [-0.2, -0.15) is 0 Å². The Morgan fingerprint density at radius 3 is 2.40 bits per heavy atom. The molecule has 0 aliphatic carbocycles. The van der Waals surface area contributed by atoms with E-state index in [4.69, 9.17) is 4.74 Å². The first-order valence-electron chi connectivity index (χ1n) is 6.66. The molecule has 0 saturated carbocycles. The molecule has 1 amide bonds. The van der Waals surface area contributed by atoms with Crippen LogP contribution in [0.5, 0.6) is 0 Å². The van der Waals surface area contributed by atoms with Gasteiger partial charge in [-0.15, -0.1) is 11.8 Å². The van der Waals surface area contributed by atoms with Crippen LogP contribution in [0, 0.1) is 0 Å². The molecule has 0 aliphatic heterocycles. The first-order chi connectivity index (χ1) is 9.56. The molecular formula is C15H21NO3S. The fraction of sp³-hybridized carbons (Fsp3) is 0.467. The van der Waals surface area contributed by atoms with Crippen molar-refractivity contribution in [2.75, 3.05) is 23.0 Å². The molecule has 0 aliphatic rings. The van der Waals surface area contributed by atoms with Crippen molar-refractivity contribution in [3.8, 4) is 0 Å². The van der Waals surface area contributed by atoms with Crippen LogP contribution in [-0.4, -0.2) is 36.0 Å². The van der Waals surface area contributed by atoms with Crippen LogP contribution in [0.4, 0.5) is 5.69 Å². The summed E-state index contributed by atoms with van der Waals surface area (Å²) in [5, 5.41) is 0. The average Bonchev–Trinajstić information content (AvgIpc) is 2.40. The second-order valence-corrected chi connectivity index (χ2v) is 5.48. The van der Waals surface area contributed by atoms with Crippen molar-refractivity contribution in [3.63, 3.8) is 0 Å². The van der Waals surface area contributed by atoms with Gasteiger partial charge in [-0.3, -0.25) is 9.59 Å². The minimum absolute atomic E-state index is 0.000462. The Labute approximate surface area is 124 Å². The number of nitrogens with zero attached hydrogens (tertiary/aromatic N) is 1. The molecule has 0 fully saturated rings. The highest BCUT2D eigenvalue weighted by atomic mass is 32.2. The van der Waals surface area contributed by atoms with E-state index >= 15 is 0 Å². The van der Waals surface area contributed by atoms with Crippen molar-refractivity contribution < 1.29 is 14.3 Å². The number of carbonyl (C=O) groups is 2. The standard InChI is InChI=1S/C15H21NO3S/c1-4-19-15(18)11-20-10-14(17)16(12(2)3)13-8-6-5-7-9-13/h5-9,12H,4,10-11H2,1-3H3. The van der Waals surface area contributed by atoms with Gasteiger partial charge in [0.2, 0.25) is 5.91 Å². The molecule has 0 atom stereocenters. The van der Waals surface area contributed by atoms with Crippen LogP contribution in [0.3, 0.4) is 0 Å². The summed E-state index contributed by atoms with van der Waals surface area (Å²) in [5.41, 5.74) is 0.879. The van der Waals surface area contributed by atoms with Gasteiger partial charge in [-0.1, -0.05) is 18.2 Å². The van der Waals surface area contributed by atoms with E-state index in [0.29, 0.717) is 6.61 Å². The Morgan fingerprint density at radius 2 is 1.85 bits per heavy atom. The van der Waals surface area contributed by atoms with Crippen LogP contribution < -0.4 is 4.90 Å². The van der Waals surface area contributed by atoms with E-state index in [9.17, 15) is 9.59 Å². The van der Waals surface area contributed by atoms with E-state index < -0.39 is 0 Å². The largest absolute Gasteiger partial charge is 0.465 e. The summed E-state index contributed by atoms with van der Waals surface area (Å²) in [6, 6.07) is 9.63. The van der Waals surface area contributed by atoms with Crippen LogP contribution in [0.25, 0.3) is 0 Å². The van der Waals surface area contributed by atoms with Crippen LogP contribution in [0.1, 0.15) is 20.8 Å². The SMILES string of the molecule is CCOC(=O)CSCC(=O)N(c1ccccc1)C(C)C. The number of carbonyl (C=O) groups excluding carboxylic acids is 2. The summed E-state index contributed by atoms with van der Waals surface area (Å²) >= 11 is 1.28. The second kappa shape index (κ2) is 8.64. The molecule has 1 aromatic rings. The maximum atomic E-state index is 12.3. The Hall–Kier alpha value is -1.49. The van der Waals surface area contributed by atoms with Gasteiger partial charge in [0.15, 0.2) is 0 Å². The van der Waals surface area contributed by atoms with Gasteiger partial charge in [0.1, 0.15) is 0 Å². The molecule has 20 heavy (non-hydrogen) atoms. The molecule has 0 spiro atoms. The van der Waals surface area contributed by atoms with Gasteiger partial charge < -0.3 is 9.64 Å². The van der Waals surface area contributed by atoms with Gasteiger partial charge in [0.05, 0.1) is 18.1 Å². The van der Waals surface area contributed by atoms with Crippen molar-refractivity contribution in [1.82, 2.24) is 0 Å². The van der Waals surface area contributed by atoms with Gasteiger partial charge in [-0.25, -0.2) is 0 Å². The summed E-state index contributed by atoms with van der Waals surface area (Å²) < 4.78 is 4.83. The summed E-state index contributed by atoms with van der Waals surface area (Å²) in [7, 11) is 0. The van der Waals surface area contributed by atoms with E-state index in [2.05, 4.69) is 0 Å². The smallest absolute Gasteiger partial charge is 0.315 e. The van der Waals surface area contributed by atoms with Gasteiger partial charge in [0.25, 0.3) is 0 Å². The Kier molecular flexibility index (Phi) is 7.15. The lowest BCUT2D eigenvalue weighted by atomic mass is 10.2. The van der Waals surface area contributed by atoms with Gasteiger partial charge in [0, 0.05) is 11.7 Å². The van der Waals surface area contributed by atoms with Crippen molar-refractivity contribution in [2.45, 2.75) is 26.8 Å². The fourth-order valence-corrected chi connectivity index (χ4v) is 2.48. The summed E-state index contributed by atoms with van der Waals surface area (Å²) in [5.74, 6) is 0.202. The van der Waals surface area contributed by atoms with Crippen LogP contribution in [-0.2, 0) is 14.3 Å². The first kappa shape index (κ1) is 16.6. The van der Waals surface area contributed by atoms with Crippen molar-refractivity contribution in [1.29, 1.82) is 0 Å². The Balaban J connectivity index is 2.56. The lowest BCUT2D eigenvalue weighted by Gasteiger charge is -2.26. The lowest BCUT2D eigenvalue weighted by Crippen LogP contribution is -2.38. The highest BCUT2D eigenvalue weighted by Crippen LogP contribution is 2.18. The van der Waals surface area contributed by atoms with Crippen molar-refractivity contribution in [3.05, 3.63) is 30.3 Å². The topological polar surface area (TPSA) is 46.6 Å². The molecule has 1 rings (SSSR count). The molecule has 5 heteroatoms. The Bertz CT molecular complexity index is 434. The second-order valence-electron chi connectivity index (χ2n) is 4.49. The molecule has 4 nitrogen and oxygen atoms in total. The first-order valence-corrected chi connectivity index (χ1v) is 7.82. The molecule has 0 unspecified atom stereocenters. The summed E-state index contributed by atoms with van der Waals surface area (Å²) in [6.45, 7) is 6.08. The lowest BCUT2D eigenvalue weighted by molar-refractivity contribution is -0.139. The van der Waals surface area contributed by atoms with E-state index in [1.807, 2.05) is 44.2 Å². The molecule has 0 aromatic heterocycles. The number of benzene rings is 1. The number of ether oxygens (including phenoxy) is 1. The number of esters is 1. The van der Waals surface area contributed by atoms with Crippen LogP contribution >= 0.6 is 11.8 Å². The normalized spacial score (nSPS) is 10.4. The highest BCUT2D eigenvalue weighted by molar-refractivity contribution is 8.00. The number of amides is 1. The molecule has 0 saturated heterocycles. The van der Waals surface area contributed by atoms with E-state index in [-0.39, 0.29) is 29.4 Å². The zero-order chi connectivity index (χ0) is 15.0. The third-order valence-electron chi connectivity index (χ3n) is 2.57. The molecule has 0 N–H and O–H groups in total. The summed E-state index contributed by atoms with van der Waals surface area (Å²) in [4.78, 5) is 25.3. The van der Waals surface area contributed by atoms with Gasteiger partial charge >= 0.3 is 5.97 Å². The number of anilines is 1. The van der Waals surface area contributed by atoms with Crippen molar-refractivity contribution >= 4 is 29.3 Å². The van der Waals surface area contributed by atoms with E-state index in [1.54, 1.807) is 11.8 Å². The number of para-hydroxylation sites is 1. The Morgan fingerprint density at radius 1 is 1.20 bits per heavy atom. The highest BCUT2D eigenvalue weighted by Gasteiger charge is 2.19. The number of thioether (sulfide) groups is 1. The monoisotopic (exact) mass is 295 g/mol. The minimum Gasteiger partial charge on any atom is -0.465 e. The third kappa shape index (κ3) is 5.25. The predicted molar refractivity (Wildman–Crippen MR) is 83.0 cm³/mol. The maximum Gasteiger partial charge on any atom is 0.315 e. The van der Waals surface area contributed by atoms with Crippen LogP contribution in [0.2, 0.25) is 0 Å². The van der Waals surface area contributed by atoms with Gasteiger partial charge in [-0.05, 0) is 32.9 Å². The van der Waals surface area contributed by atoms with Crippen molar-refractivity contribution in [2.24, 2.45) is 0 Å². The quantitative estimate of drug-likeness (QED) is 0.726. The molecule has 0 bridgehead atoms. The van der Waals surface area contributed by atoms with E-state index in [1.165, 1.54) is 11.8 Å². The zero-order valence-electron chi connectivity index (χ0n) is 12.2. The fourth-order valence-electron chi connectivity index (χ4n) is 1.81. The molecule has 110 valence electrons. The predicted octanol–water partition coefficient (Wildman–Crippen LogP) is 2.72. The number of hydrogen-bond donors (Lipinski definition) is 0. The molecule has 0 heterocycles. The number of hydrogen-bond acceptors (Lipinski definition) is 4. The average molecular weight is 295 g/mol. The van der Waals surface area contributed by atoms with E-state index in [0.717, 1.165) is 5.69 Å².